The van der Waals surface area contributed by atoms with Crippen LogP contribution in [0.5, 0.6) is 0 Å². The summed E-state index contributed by atoms with van der Waals surface area (Å²) in [5.41, 5.74) is 0.785. The standard InChI is InChI=1S/C29H16Cl3NO5/c30-18-12-10-16(11-13-18)25(34)26(17-6-2-1-3-7-17)38-29(37)19-8-4-5-9-24(19)33-27(35)20-14-22(31)23(32)15-21(20)28(33)36/h1-15,26H/t26-/m0/s1. The molecule has 4 aromatic carbocycles. The molecule has 188 valence electrons. The van der Waals surface area contributed by atoms with Crippen LogP contribution in [0.1, 0.15) is 53.1 Å². The lowest BCUT2D eigenvalue weighted by molar-refractivity contribution is 0.0281. The van der Waals surface area contributed by atoms with Gasteiger partial charge in [-0.2, -0.15) is 0 Å². The maximum Gasteiger partial charge on any atom is 0.341 e. The number of carbonyl (C=O) groups excluding carboxylic acids is 4. The molecule has 9 heteroatoms. The number of benzene rings is 4. The van der Waals surface area contributed by atoms with Crippen LogP contribution in [-0.2, 0) is 4.74 Å². The zero-order valence-electron chi connectivity index (χ0n) is 19.4. The van der Waals surface area contributed by atoms with Gasteiger partial charge in [-0.25, -0.2) is 9.69 Å². The van der Waals surface area contributed by atoms with E-state index in [1.807, 2.05) is 0 Å². The Morgan fingerprint density at radius 1 is 0.711 bits per heavy atom. The first kappa shape index (κ1) is 25.7. The summed E-state index contributed by atoms with van der Waals surface area (Å²) in [6.07, 6.45) is -1.29. The summed E-state index contributed by atoms with van der Waals surface area (Å²) in [7, 11) is 0. The normalized spacial score (nSPS) is 13.3. The number of ether oxygens (including phenoxy) is 1. The lowest BCUT2D eigenvalue weighted by atomic mass is 9.99. The van der Waals surface area contributed by atoms with Gasteiger partial charge in [0.05, 0.1) is 32.4 Å². The number of rotatable bonds is 6. The van der Waals surface area contributed by atoms with E-state index in [0.29, 0.717) is 16.1 Å². The fourth-order valence-corrected chi connectivity index (χ4v) is 4.58. The van der Waals surface area contributed by atoms with Gasteiger partial charge >= 0.3 is 5.97 Å². The van der Waals surface area contributed by atoms with Gasteiger partial charge < -0.3 is 4.74 Å². The number of anilines is 1. The molecule has 0 N–H and O–H groups in total. The molecule has 0 bridgehead atoms. The number of ketones is 1. The second-order valence-electron chi connectivity index (χ2n) is 8.34. The molecule has 0 unspecified atom stereocenters. The van der Waals surface area contributed by atoms with E-state index in [9.17, 15) is 19.2 Å². The Kier molecular flexibility index (Phi) is 7.04. The van der Waals surface area contributed by atoms with E-state index in [1.165, 1.54) is 36.4 Å². The molecule has 1 aliphatic rings. The SMILES string of the molecule is O=C(O[C@H](C(=O)c1ccc(Cl)cc1)c1ccccc1)c1ccccc1N1C(=O)c2cc(Cl)c(Cl)cc2C1=O. The Bertz CT molecular complexity index is 1560. The highest BCUT2D eigenvalue weighted by molar-refractivity contribution is 6.44. The van der Waals surface area contributed by atoms with Crippen LogP contribution in [-0.4, -0.2) is 23.6 Å². The minimum atomic E-state index is -1.29. The number of fused-ring (bicyclic) bond motifs is 1. The van der Waals surface area contributed by atoms with Crippen LogP contribution in [0.2, 0.25) is 15.1 Å². The summed E-state index contributed by atoms with van der Waals surface area (Å²) in [5.74, 6) is -2.70. The molecule has 6 nitrogen and oxygen atoms in total. The van der Waals surface area contributed by atoms with Gasteiger partial charge in [0, 0.05) is 16.1 Å². The molecular formula is C29H16Cl3NO5. The molecule has 38 heavy (non-hydrogen) atoms. The fourth-order valence-electron chi connectivity index (χ4n) is 4.13. The van der Waals surface area contributed by atoms with Gasteiger partial charge in [0.2, 0.25) is 5.78 Å². The number of carbonyl (C=O) groups is 4. The van der Waals surface area contributed by atoms with E-state index in [0.717, 1.165) is 4.90 Å². The molecule has 2 amide bonds. The van der Waals surface area contributed by atoms with Crippen LogP contribution >= 0.6 is 34.8 Å². The van der Waals surface area contributed by atoms with Gasteiger partial charge in [0.25, 0.3) is 11.8 Å². The zero-order chi connectivity index (χ0) is 27.0. The summed E-state index contributed by atoms with van der Waals surface area (Å²) in [6.45, 7) is 0. The van der Waals surface area contributed by atoms with Gasteiger partial charge in [0.1, 0.15) is 0 Å². The highest BCUT2D eigenvalue weighted by atomic mass is 35.5. The zero-order valence-corrected chi connectivity index (χ0v) is 21.6. The lowest BCUT2D eigenvalue weighted by Crippen LogP contribution is -2.31. The molecule has 4 aromatic rings. The van der Waals surface area contributed by atoms with Gasteiger partial charge in [-0.3, -0.25) is 14.4 Å². The first-order chi connectivity index (χ1) is 18.3. The van der Waals surface area contributed by atoms with Gasteiger partial charge in [0.15, 0.2) is 6.10 Å². The lowest BCUT2D eigenvalue weighted by Gasteiger charge is -2.21. The van der Waals surface area contributed by atoms with E-state index in [1.54, 1.807) is 54.6 Å². The smallest absolute Gasteiger partial charge is 0.341 e. The molecule has 0 saturated heterocycles. The van der Waals surface area contributed by atoms with Crippen molar-refractivity contribution in [2.24, 2.45) is 0 Å². The summed E-state index contributed by atoms with van der Waals surface area (Å²) in [5, 5.41) is 0.687. The van der Waals surface area contributed by atoms with Crippen LogP contribution in [0.15, 0.2) is 91.0 Å². The third-order valence-electron chi connectivity index (χ3n) is 5.99. The average molecular weight is 565 g/mol. The van der Waals surface area contributed by atoms with Crippen molar-refractivity contribution in [2.75, 3.05) is 4.90 Å². The number of para-hydroxylation sites is 1. The van der Waals surface area contributed by atoms with E-state index in [2.05, 4.69) is 0 Å². The summed E-state index contributed by atoms with van der Waals surface area (Å²) < 4.78 is 5.74. The van der Waals surface area contributed by atoms with Crippen molar-refractivity contribution in [2.45, 2.75) is 6.10 Å². The Balaban J connectivity index is 1.51. The van der Waals surface area contributed by atoms with Crippen LogP contribution < -0.4 is 4.90 Å². The Morgan fingerprint density at radius 3 is 1.87 bits per heavy atom. The Morgan fingerprint density at radius 2 is 1.26 bits per heavy atom. The average Bonchev–Trinajstić information content (AvgIpc) is 3.16. The summed E-state index contributed by atoms with van der Waals surface area (Å²) in [6, 6.07) is 23.4. The molecule has 1 aliphatic heterocycles. The van der Waals surface area contributed by atoms with Crippen molar-refractivity contribution < 1.29 is 23.9 Å². The van der Waals surface area contributed by atoms with E-state index in [4.69, 9.17) is 39.5 Å². The number of amides is 2. The van der Waals surface area contributed by atoms with Gasteiger partial charge in [-0.15, -0.1) is 0 Å². The molecule has 5 rings (SSSR count). The monoisotopic (exact) mass is 563 g/mol. The maximum atomic E-state index is 13.5. The minimum absolute atomic E-state index is 0.00157. The first-order valence-corrected chi connectivity index (χ1v) is 12.4. The fraction of sp³-hybridized carbons (Fsp3) is 0.0345. The second-order valence-corrected chi connectivity index (χ2v) is 9.59. The van der Waals surface area contributed by atoms with E-state index in [-0.39, 0.29) is 32.4 Å². The van der Waals surface area contributed by atoms with Crippen LogP contribution in [0.4, 0.5) is 5.69 Å². The third kappa shape index (κ3) is 4.70. The topological polar surface area (TPSA) is 80.8 Å². The van der Waals surface area contributed by atoms with Crippen molar-refractivity contribution in [1.82, 2.24) is 0 Å². The molecule has 0 fully saturated rings. The number of nitrogens with zero attached hydrogens (tertiary/aromatic N) is 1. The van der Waals surface area contributed by atoms with Crippen molar-refractivity contribution in [3.63, 3.8) is 0 Å². The van der Waals surface area contributed by atoms with Crippen LogP contribution in [0, 0.1) is 0 Å². The van der Waals surface area contributed by atoms with Crippen molar-refractivity contribution >= 4 is 64.1 Å². The third-order valence-corrected chi connectivity index (χ3v) is 6.96. The van der Waals surface area contributed by atoms with Crippen molar-refractivity contribution in [3.8, 4) is 0 Å². The predicted octanol–water partition coefficient (Wildman–Crippen LogP) is 7.23. The number of halogens is 3. The number of esters is 1. The predicted molar refractivity (Wildman–Crippen MR) is 144 cm³/mol. The van der Waals surface area contributed by atoms with Crippen LogP contribution in [0.25, 0.3) is 0 Å². The van der Waals surface area contributed by atoms with Gasteiger partial charge in [-0.1, -0.05) is 77.3 Å². The number of hydrogen-bond acceptors (Lipinski definition) is 5. The van der Waals surface area contributed by atoms with E-state index < -0.39 is 29.7 Å². The molecule has 1 heterocycles. The summed E-state index contributed by atoms with van der Waals surface area (Å²) in [4.78, 5) is 54.2. The molecule has 1 atom stereocenters. The quantitative estimate of drug-likeness (QED) is 0.140. The van der Waals surface area contributed by atoms with Crippen molar-refractivity contribution in [1.29, 1.82) is 0 Å². The first-order valence-electron chi connectivity index (χ1n) is 11.3. The van der Waals surface area contributed by atoms with Crippen LogP contribution in [0.3, 0.4) is 0 Å². The number of Topliss-reactive ketones (excluding diaryl/α,β-unsaturated/α-hetero) is 1. The Labute approximate surface area is 232 Å². The second kappa shape index (κ2) is 10.4. The molecule has 0 radical (unpaired) electrons. The molecule has 0 aromatic heterocycles. The number of hydrogen-bond donors (Lipinski definition) is 0. The summed E-state index contributed by atoms with van der Waals surface area (Å²) >= 11 is 18.1. The highest BCUT2D eigenvalue weighted by Gasteiger charge is 2.39. The molecule has 0 aliphatic carbocycles. The maximum absolute atomic E-state index is 13.5. The van der Waals surface area contributed by atoms with Gasteiger partial charge in [-0.05, 0) is 48.5 Å². The van der Waals surface area contributed by atoms with E-state index >= 15 is 0 Å². The molecule has 0 saturated carbocycles. The minimum Gasteiger partial charge on any atom is -0.445 e. The Hall–Kier alpha value is -3.97. The highest BCUT2D eigenvalue weighted by Crippen LogP contribution is 2.36. The number of imide groups is 1. The molecular weight excluding hydrogens is 549 g/mol. The molecule has 0 spiro atoms. The largest absolute Gasteiger partial charge is 0.445 e. The van der Waals surface area contributed by atoms with Crippen molar-refractivity contribution in [3.05, 3.63) is 134 Å².